The normalized spacial score (nSPS) is 11.7. The van der Waals surface area contributed by atoms with Crippen LogP contribution in [0.3, 0.4) is 0 Å². The summed E-state index contributed by atoms with van der Waals surface area (Å²) >= 11 is 0. The molecule has 6 heteroatoms. The lowest BCUT2D eigenvalue weighted by molar-refractivity contribution is 0.0815. The van der Waals surface area contributed by atoms with Gasteiger partial charge in [-0.3, -0.25) is 9.59 Å². The Morgan fingerprint density at radius 1 is 0.348 bits per heavy atom. The number of rotatable bonds is 0. The maximum Gasteiger partial charge on any atom is 0.234 e. The monoisotopic (exact) mass is 596 g/mol. The van der Waals surface area contributed by atoms with Crippen LogP contribution in [-0.2, 0) is 0 Å². The van der Waals surface area contributed by atoms with Crippen LogP contribution in [0, 0.1) is 0 Å². The number of aromatic nitrogens is 2. The molecule has 7 aromatic carbocycles. The van der Waals surface area contributed by atoms with E-state index >= 15 is 0 Å². The van der Waals surface area contributed by atoms with Gasteiger partial charge >= 0.3 is 0 Å². The van der Waals surface area contributed by atoms with Gasteiger partial charge in [-0.05, 0) is 46.2 Å². The van der Waals surface area contributed by atoms with Crippen molar-refractivity contribution in [3.8, 4) is 11.1 Å². The average Bonchev–Trinajstić information content (AvgIpc) is 3.12. The molecule has 1 aliphatic rings. The zero-order valence-electron chi connectivity index (χ0n) is 24.7. The largest absolute Gasteiger partial charge is 0.397 e. The van der Waals surface area contributed by atoms with E-state index in [1.54, 1.807) is 36.4 Å². The molecule has 0 fully saturated rings. The van der Waals surface area contributed by atoms with Gasteiger partial charge in [-0.15, -0.1) is 0 Å². The van der Waals surface area contributed by atoms with Crippen molar-refractivity contribution >= 4 is 66.6 Å². The third-order valence-electron chi connectivity index (χ3n) is 8.06. The molecule has 0 spiro atoms. The molecule has 0 unspecified atom stereocenters. The summed E-state index contributed by atoms with van der Waals surface area (Å²) in [6.45, 7) is 0. The second-order valence-electron chi connectivity index (χ2n) is 10.9. The third-order valence-corrected chi connectivity index (χ3v) is 8.06. The van der Waals surface area contributed by atoms with Gasteiger partial charge in [-0.2, -0.15) is 0 Å². The maximum atomic E-state index is 11.8. The summed E-state index contributed by atoms with van der Waals surface area (Å²) < 4.78 is 0. The van der Waals surface area contributed by atoms with Crippen molar-refractivity contribution in [1.82, 2.24) is 9.97 Å². The first-order valence-corrected chi connectivity index (χ1v) is 14.8. The lowest BCUT2D eigenvalue weighted by atomic mass is 9.84. The van der Waals surface area contributed by atoms with Crippen molar-refractivity contribution in [2.24, 2.45) is 0 Å². The van der Waals surface area contributed by atoms with Crippen molar-refractivity contribution in [2.45, 2.75) is 0 Å². The minimum Gasteiger partial charge on any atom is -0.397 e. The van der Waals surface area contributed by atoms with Crippen molar-refractivity contribution < 1.29 is 9.59 Å². The van der Waals surface area contributed by atoms with Gasteiger partial charge in [0.2, 0.25) is 11.6 Å². The number of benzene rings is 7. The molecule has 0 bridgehead atoms. The molecule has 9 rings (SSSR count). The van der Waals surface area contributed by atoms with Crippen LogP contribution < -0.4 is 11.5 Å². The Bertz CT molecular complexity index is 2280. The molecule has 0 radical (unpaired) electrons. The van der Waals surface area contributed by atoms with Gasteiger partial charge in [-0.1, -0.05) is 121 Å². The number of ketones is 2. The third kappa shape index (κ3) is 5.08. The Balaban J connectivity index is 0.000000123. The van der Waals surface area contributed by atoms with E-state index in [9.17, 15) is 9.59 Å². The number of nitrogen functional groups attached to an aromatic ring is 2. The van der Waals surface area contributed by atoms with Crippen LogP contribution in [0.5, 0.6) is 0 Å². The van der Waals surface area contributed by atoms with Crippen molar-refractivity contribution in [3.05, 3.63) is 157 Å². The molecule has 46 heavy (non-hydrogen) atoms. The fourth-order valence-corrected chi connectivity index (χ4v) is 5.81. The second-order valence-corrected chi connectivity index (χ2v) is 10.9. The van der Waals surface area contributed by atoms with Crippen LogP contribution in [0.4, 0.5) is 11.4 Å². The van der Waals surface area contributed by atoms with Crippen molar-refractivity contribution in [1.29, 1.82) is 0 Å². The SMILES string of the molecule is Nc1ccccc1N.O=C1C(=O)c2ccccc2-c2ccccc21.c1ccc2nc3c4ccccc4c4ccccc4c3nc2c1. The van der Waals surface area contributed by atoms with E-state index < -0.39 is 11.6 Å². The molecular weight excluding hydrogens is 568 g/mol. The number of hydrogen-bond acceptors (Lipinski definition) is 6. The highest BCUT2D eigenvalue weighted by atomic mass is 16.2. The van der Waals surface area contributed by atoms with E-state index in [2.05, 4.69) is 48.5 Å². The van der Waals surface area contributed by atoms with Crippen LogP contribution in [0.2, 0.25) is 0 Å². The summed E-state index contributed by atoms with van der Waals surface area (Å²) in [6.07, 6.45) is 0. The number of nitrogens with two attached hydrogens (primary N) is 2. The zero-order chi connectivity index (χ0) is 31.6. The number of Topliss-reactive ketones (excluding diaryl/α,β-unsaturated/α-hetero) is 2. The summed E-state index contributed by atoms with van der Waals surface area (Å²) in [4.78, 5) is 33.4. The highest BCUT2D eigenvalue weighted by Crippen LogP contribution is 2.34. The van der Waals surface area contributed by atoms with Crippen LogP contribution >= 0.6 is 0 Å². The van der Waals surface area contributed by atoms with Crippen molar-refractivity contribution in [2.75, 3.05) is 11.5 Å². The van der Waals surface area contributed by atoms with E-state index in [-0.39, 0.29) is 0 Å². The first kappa shape index (κ1) is 28.4. The van der Waals surface area contributed by atoms with E-state index in [1.165, 1.54) is 10.8 Å². The second kappa shape index (κ2) is 11.9. The number of anilines is 2. The highest BCUT2D eigenvalue weighted by molar-refractivity contribution is 6.53. The van der Waals surface area contributed by atoms with Gasteiger partial charge in [0.15, 0.2) is 0 Å². The molecule has 0 atom stereocenters. The van der Waals surface area contributed by atoms with Crippen molar-refractivity contribution in [3.63, 3.8) is 0 Å². The topological polar surface area (TPSA) is 112 Å². The number of hydrogen-bond donors (Lipinski definition) is 2. The summed E-state index contributed by atoms with van der Waals surface area (Å²) in [5, 5.41) is 4.79. The van der Waals surface area contributed by atoms with E-state index in [0.29, 0.717) is 22.5 Å². The molecule has 0 aliphatic heterocycles. The highest BCUT2D eigenvalue weighted by Gasteiger charge is 2.29. The summed E-state index contributed by atoms with van der Waals surface area (Å²) in [6, 6.07) is 46.6. The fraction of sp³-hybridized carbons (Fsp3) is 0. The summed E-state index contributed by atoms with van der Waals surface area (Å²) in [7, 11) is 0. The minimum absolute atomic E-state index is 0.408. The number of carbonyl (C=O) groups is 2. The number of para-hydroxylation sites is 4. The number of carbonyl (C=O) groups excluding carboxylic acids is 2. The number of fused-ring (bicyclic) bond motifs is 10. The van der Waals surface area contributed by atoms with Gasteiger partial charge < -0.3 is 11.5 Å². The minimum atomic E-state index is -0.408. The Labute approximate surface area is 265 Å². The molecule has 8 aromatic rings. The predicted molar refractivity (Wildman–Crippen MR) is 188 cm³/mol. The summed E-state index contributed by atoms with van der Waals surface area (Å²) in [5.74, 6) is -0.816. The Morgan fingerprint density at radius 3 is 1.04 bits per heavy atom. The maximum absolute atomic E-state index is 11.8. The quantitative estimate of drug-likeness (QED) is 0.0784. The van der Waals surface area contributed by atoms with E-state index in [4.69, 9.17) is 21.4 Å². The number of nitrogens with zero attached hydrogens (tertiary/aromatic N) is 2. The lowest BCUT2D eigenvalue weighted by Crippen LogP contribution is -2.20. The van der Waals surface area contributed by atoms with E-state index in [0.717, 1.165) is 44.0 Å². The molecule has 0 amide bonds. The molecule has 220 valence electrons. The summed E-state index contributed by atoms with van der Waals surface area (Å²) in [5.41, 5.74) is 18.6. The molecule has 1 aliphatic carbocycles. The molecule has 0 saturated carbocycles. The van der Waals surface area contributed by atoms with Gasteiger partial charge in [0, 0.05) is 21.9 Å². The molecule has 1 aromatic heterocycles. The zero-order valence-corrected chi connectivity index (χ0v) is 24.7. The van der Waals surface area contributed by atoms with Crippen LogP contribution in [0.1, 0.15) is 20.7 Å². The molecule has 1 heterocycles. The smallest absolute Gasteiger partial charge is 0.234 e. The Hall–Kier alpha value is -6.40. The standard InChI is InChI=1S/C20H12N2.C14H8O2.C6H8N2/c1-3-9-15-13(7-1)14-8-2-4-10-16(14)20-19(15)21-17-11-5-6-12-18(17)22-20;15-13-11-7-3-1-5-9(11)10-6-2-4-8-12(10)14(13)16;7-5-3-1-2-4-6(5)8/h1-12H;1-8H;1-4H,7-8H2. The fourth-order valence-electron chi connectivity index (χ4n) is 5.81. The lowest BCUT2D eigenvalue weighted by Gasteiger charge is -2.16. The van der Waals surface area contributed by atoms with Crippen LogP contribution in [-0.4, -0.2) is 21.5 Å². The van der Waals surface area contributed by atoms with Gasteiger partial charge in [0.05, 0.1) is 33.4 Å². The molecular formula is C40H28N4O2. The first-order chi connectivity index (χ1) is 22.5. The van der Waals surface area contributed by atoms with Gasteiger partial charge in [0.1, 0.15) is 0 Å². The van der Waals surface area contributed by atoms with Crippen LogP contribution in [0.25, 0.3) is 54.7 Å². The predicted octanol–water partition coefficient (Wildman–Crippen LogP) is 8.67. The Morgan fingerprint density at radius 2 is 0.652 bits per heavy atom. The molecule has 0 saturated heterocycles. The first-order valence-electron chi connectivity index (χ1n) is 14.8. The van der Waals surface area contributed by atoms with Gasteiger partial charge in [0.25, 0.3) is 0 Å². The van der Waals surface area contributed by atoms with E-state index in [1.807, 2.05) is 60.7 Å². The average molecular weight is 597 g/mol. The Kier molecular flexibility index (Phi) is 7.37. The molecule has 4 N–H and O–H groups in total. The van der Waals surface area contributed by atoms with Gasteiger partial charge in [-0.25, -0.2) is 9.97 Å². The molecule has 6 nitrogen and oxygen atoms in total. The van der Waals surface area contributed by atoms with Crippen LogP contribution in [0.15, 0.2) is 146 Å².